The Labute approximate surface area is 482 Å². The first kappa shape index (κ1) is 73.8. The monoisotopic (exact) mass is 1080 g/mol. The Bertz CT molecular complexity index is 1620. The fourth-order valence-electron chi connectivity index (χ4n) is 8.85. The number of allylic oxidation sites excluding steroid dienone is 20. The van der Waals surface area contributed by atoms with Gasteiger partial charge in [0.15, 0.2) is 6.10 Å². The molecule has 0 bridgehead atoms. The molecule has 0 aliphatic heterocycles. The molecule has 0 saturated carbocycles. The van der Waals surface area contributed by atoms with Gasteiger partial charge in [-0.2, -0.15) is 0 Å². The number of esters is 3. The average Bonchev–Trinajstić information content (AvgIpc) is 3.44. The van der Waals surface area contributed by atoms with E-state index in [2.05, 4.69) is 142 Å². The zero-order valence-electron chi connectivity index (χ0n) is 50.9. The first-order valence-corrected chi connectivity index (χ1v) is 32.5. The Balaban J connectivity index is 4.24. The highest BCUT2D eigenvalue weighted by Gasteiger charge is 2.19. The molecule has 0 spiro atoms. The van der Waals surface area contributed by atoms with Gasteiger partial charge in [-0.3, -0.25) is 14.4 Å². The van der Waals surface area contributed by atoms with Crippen LogP contribution in [0, 0.1) is 0 Å². The molecular weight excluding hydrogens is 961 g/mol. The zero-order valence-corrected chi connectivity index (χ0v) is 50.9. The van der Waals surface area contributed by atoms with Gasteiger partial charge >= 0.3 is 17.9 Å². The van der Waals surface area contributed by atoms with Crippen LogP contribution in [0.4, 0.5) is 0 Å². The lowest BCUT2D eigenvalue weighted by Gasteiger charge is -2.18. The van der Waals surface area contributed by atoms with Crippen LogP contribution in [0.15, 0.2) is 122 Å². The highest BCUT2D eigenvalue weighted by Crippen LogP contribution is 2.16. The van der Waals surface area contributed by atoms with Crippen molar-refractivity contribution in [2.45, 2.75) is 303 Å². The summed E-state index contributed by atoms with van der Waals surface area (Å²) in [5, 5.41) is 0. The fourth-order valence-corrected chi connectivity index (χ4v) is 8.85. The summed E-state index contributed by atoms with van der Waals surface area (Å²) in [5.41, 5.74) is 0. The smallest absolute Gasteiger partial charge is 0.306 e. The van der Waals surface area contributed by atoms with Crippen molar-refractivity contribution < 1.29 is 28.6 Å². The minimum atomic E-state index is -0.810. The van der Waals surface area contributed by atoms with Gasteiger partial charge in [0.2, 0.25) is 0 Å². The molecule has 0 aromatic heterocycles. The maximum atomic E-state index is 12.8. The van der Waals surface area contributed by atoms with E-state index in [0.717, 1.165) is 103 Å². The maximum absolute atomic E-state index is 12.8. The zero-order chi connectivity index (χ0) is 56.4. The maximum Gasteiger partial charge on any atom is 0.306 e. The van der Waals surface area contributed by atoms with Crippen LogP contribution in [0.5, 0.6) is 0 Å². The van der Waals surface area contributed by atoms with Gasteiger partial charge in [-0.25, -0.2) is 0 Å². The summed E-state index contributed by atoms with van der Waals surface area (Å²) >= 11 is 0. The van der Waals surface area contributed by atoms with E-state index < -0.39 is 6.10 Å². The number of ether oxygens (including phenoxy) is 3. The van der Waals surface area contributed by atoms with Crippen molar-refractivity contribution in [1.29, 1.82) is 0 Å². The number of hydrogen-bond acceptors (Lipinski definition) is 6. The van der Waals surface area contributed by atoms with Gasteiger partial charge in [0.1, 0.15) is 13.2 Å². The number of hydrogen-bond donors (Lipinski definition) is 0. The molecule has 0 radical (unpaired) electrons. The number of carbonyl (C=O) groups excluding carboxylic acids is 3. The Morgan fingerprint density at radius 1 is 0.269 bits per heavy atom. The third-order valence-electron chi connectivity index (χ3n) is 13.7. The van der Waals surface area contributed by atoms with Crippen molar-refractivity contribution in [3.05, 3.63) is 122 Å². The van der Waals surface area contributed by atoms with Gasteiger partial charge in [0.25, 0.3) is 0 Å². The predicted molar refractivity (Wildman–Crippen MR) is 339 cm³/mol. The molecule has 0 N–H and O–H groups in total. The van der Waals surface area contributed by atoms with Crippen molar-refractivity contribution >= 4 is 17.9 Å². The van der Waals surface area contributed by atoms with Crippen LogP contribution >= 0.6 is 0 Å². The van der Waals surface area contributed by atoms with Gasteiger partial charge in [0.05, 0.1) is 0 Å². The van der Waals surface area contributed by atoms with E-state index in [4.69, 9.17) is 14.2 Å². The summed E-state index contributed by atoms with van der Waals surface area (Å²) in [4.78, 5) is 38.1. The minimum absolute atomic E-state index is 0.102. The van der Waals surface area contributed by atoms with Crippen LogP contribution < -0.4 is 0 Å². The van der Waals surface area contributed by atoms with Crippen molar-refractivity contribution in [3.8, 4) is 0 Å². The van der Waals surface area contributed by atoms with Crippen molar-refractivity contribution in [1.82, 2.24) is 0 Å². The molecule has 1 unspecified atom stereocenters. The first-order valence-electron chi connectivity index (χ1n) is 32.5. The van der Waals surface area contributed by atoms with Crippen LogP contribution in [-0.4, -0.2) is 37.2 Å². The average molecular weight is 1080 g/mol. The molecule has 0 aliphatic carbocycles. The standard InChI is InChI=1S/C72H120O6/c1-4-7-10-13-16-19-21-23-25-27-29-31-33-34-35-36-37-38-40-41-43-45-47-49-51-53-56-59-62-65-71(74)77-68-69(67-76-70(73)64-61-58-55-18-15-12-9-6-3)78-72(75)66-63-60-57-54-52-50-48-46-44-42-39-32-30-28-26-24-22-20-17-14-11-8-5-2/h8,11,17,20-21,23-24,26-27,29-30,32-34,42,44,48,50,54,57,69H,4-7,9-10,12-16,18-19,22,25,28,31,35-41,43,45-47,49,51-53,55-56,58-68H2,1-3H3/b11-8-,20-17-,23-21-,26-24-,29-27-,32-30-,34-33-,44-42-,50-48-,57-54-. The van der Waals surface area contributed by atoms with Crippen molar-refractivity contribution in [3.63, 3.8) is 0 Å². The van der Waals surface area contributed by atoms with Gasteiger partial charge in [-0.15, -0.1) is 0 Å². The predicted octanol–water partition coefficient (Wildman–Crippen LogP) is 22.4. The van der Waals surface area contributed by atoms with Crippen LogP contribution in [0.2, 0.25) is 0 Å². The molecule has 0 rings (SSSR count). The Morgan fingerprint density at radius 3 is 0.821 bits per heavy atom. The third-order valence-corrected chi connectivity index (χ3v) is 13.7. The summed E-state index contributed by atoms with van der Waals surface area (Å²) in [6.07, 6.45) is 90.9. The normalized spacial score (nSPS) is 12.9. The van der Waals surface area contributed by atoms with Crippen LogP contribution in [0.1, 0.15) is 297 Å². The molecule has 1 atom stereocenters. The SMILES string of the molecule is CC/C=C\C/C=C\C/C=C\C/C=C\C/C=C\C/C=C\C/C=C\CCCC(=O)OC(COC(=O)CCCCCCCCCC)COC(=O)CCCCCCCCCCCCCCCC/C=C\C/C=C\C/C=C\CCCCCCC. The van der Waals surface area contributed by atoms with E-state index in [1.165, 1.54) is 148 Å². The van der Waals surface area contributed by atoms with E-state index in [-0.39, 0.29) is 37.5 Å². The topological polar surface area (TPSA) is 78.9 Å². The first-order chi connectivity index (χ1) is 38.5. The lowest BCUT2D eigenvalue weighted by Crippen LogP contribution is -2.30. The second kappa shape index (κ2) is 65.3. The van der Waals surface area contributed by atoms with Crippen LogP contribution in [0.3, 0.4) is 0 Å². The lowest BCUT2D eigenvalue weighted by molar-refractivity contribution is -0.167. The van der Waals surface area contributed by atoms with Crippen LogP contribution in [0.25, 0.3) is 0 Å². The highest BCUT2D eigenvalue weighted by molar-refractivity contribution is 5.71. The van der Waals surface area contributed by atoms with Crippen molar-refractivity contribution in [2.24, 2.45) is 0 Å². The second-order valence-corrected chi connectivity index (χ2v) is 21.3. The summed E-state index contributed by atoms with van der Waals surface area (Å²) in [5.74, 6) is -0.963. The second-order valence-electron chi connectivity index (χ2n) is 21.3. The molecule has 6 heteroatoms. The van der Waals surface area contributed by atoms with Gasteiger partial charge in [-0.1, -0.05) is 290 Å². The highest BCUT2D eigenvalue weighted by atomic mass is 16.6. The molecule has 0 aromatic rings. The minimum Gasteiger partial charge on any atom is -0.462 e. The van der Waals surface area contributed by atoms with E-state index in [0.29, 0.717) is 19.3 Å². The molecule has 0 heterocycles. The third kappa shape index (κ3) is 62.7. The van der Waals surface area contributed by atoms with Crippen molar-refractivity contribution in [2.75, 3.05) is 13.2 Å². The molecule has 0 saturated heterocycles. The Kier molecular flexibility index (Phi) is 61.8. The summed E-state index contributed by atoms with van der Waals surface area (Å²) in [7, 11) is 0. The quantitative estimate of drug-likeness (QED) is 0.0261. The van der Waals surface area contributed by atoms with Gasteiger partial charge in [0, 0.05) is 19.3 Å². The largest absolute Gasteiger partial charge is 0.462 e. The van der Waals surface area contributed by atoms with Gasteiger partial charge < -0.3 is 14.2 Å². The Hall–Kier alpha value is -4.19. The van der Waals surface area contributed by atoms with Gasteiger partial charge in [-0.05, 0) is 109 Å². The molecule has 0 aromatic carbocycles. The van der Waals surface area contributed by atoms with E-state index >= 15 is 0 Å². The number of carbonyl (C=O) groups is 3. The van der Waals surface area contributed by atoms with E-state index in [1.807, 2.05) is 0 Å². The molecule has 444 valence electrons. The molecule has 6 nitrogen and oxygen atoms in total. The summed E-state index contributed by atoms with van der Waals surface area (Å²) < 4.78 is 16.8. The number of rotatable bonds is 58. The van der Waals surface area contributed by atoms with E-state index in [1.54, 1.807) is 0 Å². The molecular formula is C72H120O6. The summed E-state index contributed by atoms with van der Waals surface area (Å²) in [6, 6.07) is 0. The fraction of sp³-hybridized carbons (Fsp3) is 0.681. The van der Waals surface area contributed by atoms with E-state index in [9.17, 15) is 14.4 Å². The number of unbranched alkanes of at least 4 members (excludes halogenated alkanes) is 27. The molecule has 0 fully saturated rings. The summed E-state index contributed by atoms with van der Waals surface area (Å²) in [6.45, 7) is 6.45. The molecule has 0 amide bonds. The molecule has 0 aliphatic rings. The Morgan fingerprint density at radius 2 is 0.513 bits per heavy atom. The lowest BCUT2D eigenvalue weighted by atomic mass is 10.0. The molecule has 78 heavy (non-hydrogen) atoms. The van der Waals surface area contributed by atoms with Crippen LogP contribution in [-0.2, 0) is 28.6 Å².